The SMILES string of the molecule is C#CC(/C=C\C=C/CC)c1ccccc1. The molecule has 0 aliphatic heterocycles. The van der Waals surface area contributed by atoms with E-state index in [-0.39, 0.29) is 5.92 Å². The van der Waals surface area contributed by atoms with Crippen LogP contribution < -0.4 is 0 Å². The molecule has 1 rings (SSSR count). The molecular weight excluding hydrogens is 180 g/mol. The lowest BCUT2D eigenvalue weighted by atomic mass is 10.00. The normalized spacial score (nSPS) is 13.1. The van der Waals surface area contributed by atoms with Gasteiger partial charge in [-0.3, -0.25) is 0 Å². The van der Waals surface area contributed by atoms with Gasteiger partial charge in [-0.1, -0.05) is 67.5 Å². The number of rotatable bonds is 4. The molecule has 0 saturated carbocycles. The van der Waals surface area contributed by atoms with Crippen molar-refractivity contribution in [3.8, 4) is 12.3 Å². The van der Waals surface area contributed by atoms with Gasteiger partial charge in [0.25, 0.3) is 0 Å². The monoisotopic (exact) mass is 196 g/mol. The Balaban J connectivity index is 2.70. The lowest BCUT2D eigenvalue weighted by molar-refractivity contribution is 1.13. The summed E-state index contributed by atoms with van der Waals surface area (Å²) in [6, 6.07) is 10.1. The van der Waals surface area contributed by atoms with Gasteiger partial charge in [-0.2, -0.15) is 0 Å². The number of hydrogen-bond acceptors (Lipinski definition) is 0. The van der Waals surface area contributed by atoms with Crippen LogP contribution in [-0.2, 0) is 0 Å². The van der Waals surface area contributed by atoms with Gasteiger partial charge < -0.3 is 0 Å². The molecule has 0 aliphatic carbocycles. The van der Waals surface area contributed by atoms with E-state index in [2.05, 4.69) is 31.1 Å². The maximum Gasteiger partial charge on any atom is 0.0633 e. The van der Waals surface area contributed by atoms with Gasteiger partial charge in [-0.05, 0) is 12.0 Å². The van der Waals surface area contributed by atoms with Gasteiger partial charge >= 0.3 is 0 Å². The molecule has 76 valence electrons. The fraction of sp³-hybridized carbons (Fsp3) is 0.200. The van der Waals surface area contributed by atoms with E-state index in [4.69, 9.17) is 6.42 Å². The van der Waals surface area contributed by atoms with Crippen molar-refractivity contribution in [3.63, 3.8) is 0 Å². The van der Waals surface area contributed by atoms with Crippen LogP contribution in [0.3, 0.4) is 0 Å². The number of terminal acetylenes is 1. The van der Waals surface area contributed by atoms with E-state index in [0.29, 0.717) is 0 Å². The van der Waals surface area contributed by atoms with Gasteiger partial charge in [0.15, 0.2) is 0 Å². The van der Waals surface area contributed by atoms with E-state index in [9.17, 15) is 0 Å². The zero-order valence-corrected chi connectivity index (χ0v) is 9.06. The molecule has 1 aromatic carbocycles. The van der Waals surface area contributed by atoms with Crippen molar-refractivity contribution in [1.29, 1.82) is 0 Å². The Morgan fingerprint density at radius 3 is 2.60 bits per heavy atom. The fourth-order valence-corrected chi connectivity index (χ4v) is 1.31. The van der Waals surface area contributed by atoms with Crippen LogP contribution in [0.4, 0.5) is 0 Å². The topological polar surface area (TPSA) is 0 Å². The quantitative estimate of drug-likeness (QED) is 0.505. The highest BCUT2D eigenvalue weighted by Gasteiger charge is 2.01. The Hall–Kier alpha value is -1.74. The third-order valence-electron chi connectivity index (χ3n) is 2.12. The van der Waals surface area contributed by atoms with E-state index in [1.165, 1.54) is 5.56 Å². The van der Waals surface area contributed by atoms with Gasteiger partial charge in [0.2, 0.25) is 0 Å². The van der Waals surface area contributed by atoms with Crippen LogP contribution in [0.15, 0.2) is 54.6 Å². The highest BCUT2D eigenvalue weighted by Crippen LogP contribution is 2.15. The molecule has 0 bridgehead atoms. The largest absolute Gasteiger partial charge is 0.119 e. The third kappa shape index (κ3) is 3.87. The van der Waals surface area contributed by atoms with E-state index < -0.39 is 0 Å². The molecule has 0 radical (unpaired) electrons. The van der Waals surface area contributed by atoms with E-state index in [1.807, 2.05) is 36.4 Å². The lowest BCUT2D eigenvalue weighted by Gasteiger charge is -2.04. The van der Waals surface area contributed by atoms with Crippen LogP contribution in [0.25, 0.3) is 0 Å². The van der Waals surface area contributed by atoms with Crippen molar-refractivity contribution in [1.82, 2.24) is 0 Å². The number of allylic oxidation sites excluding steroid dienone is 4. The summed E-state index contributed by atoms with van der Waals surface area (Å²) in [5.41, 5.74) is 1.17. The summed E-state index contributed by atoms with van der Waals surface area (Å²) < 4.78 is 0. The lowest BCUT2D eigenvalue weighted by Crippen LogP contribution is -1.89. The van der Waals surface area contributed by atoms with Crippen LogP contribution in [0.5, 0.6) is 0 Å². The highest BCUT2D eigenvalue weighted by atomic mass is 14.0. The maximum absolute atomic E-state index is 5.49. The van der Waals surface area contributed by atoms with Gasteiger partial charge in [0.1, 0.15) is 0 Å². The van der Waals surface area contributed by atoms with Crippen LogP contribution in [0.2, 0.25) is 0 Å². The molecule has 0 aliphatic rings. The molecular formula is C15H16. The Kier molecular flexibility index (Phi) is 5.04. The van der Waals surface area contributed by atoms with Crippen molar-refractivity contribution in [2.24, 2.45) is 0 Å². The second-order valence-corrected chi connectivity index (χ2v) is 3.28. The van der Waals surface area contributed by atoms with Crippen LogP contribution >= 0.6 is 0 Å². The first-order valence-corrected chi connectivity index (χ1v) is 5.23. The molecule has 0 N–H and O–H groups in total. The molecule has 0 heterocycles. The Labute approximate surface area is 92.3 Å². The molecule has 0 heteroatoms. The number of benzene rings is 1. The van der Waals surface area contributed by atoms with Crippen LogP contribution in [0, 0.1) is 12.3 Å². The first-order valence-electron chi connectivity index (χ1n) is 5.23. The minimum atomic E-state index is 0.0766. The minimum Gasteiger partial charge on any atom is -0.119 e. The summed E-state index contributed by atoms with van der Waals surface area (Å²) in [6.45, 7) is 2.11. The Morgan fingerprint density at radius 1 is 1.27 bits per heavy atom. The highest BCUT2D eigenvalue weighted by molar-refractivity contribution is 5.32. The Bertz CT molecular complexity index is 363. The third-order valence-corrected chi connectivity index (χ3v) is 2.12. The second-order valence-electron chi connectivity index (χ2n) is 3.28. The summed E-state index contributed by atoms with van der Waals surface area (Å²) in [6.07, 6.45) is 14.7. The van der Waals surface area contributed by atoms with E-state index >= 15 is 0 Å². The predicted molar refractivity (Wildman–Crippen MR) is 66.6 cm³/mol. The van der Waals surface area contributed by atoms with Crippen molar-refractivity contribution < 1.29 is 0 Å². The van der Waals surface area contributed by atoms with E-state index in [0.717, 1.165) is 6.42 Å². The molecule has 0 fully saturated rings. The second kappa shape index (κ2) is 6.68. The minimum absolute atomic E-state index is 0.0766. The van der Waals surface area contributed by atoms with Gasteiger partial charge in [0.05, 0.1) is 5.92 Å². The zero-order chi connectivity index (χ0) is 10.9. The summed E-state index contributed by atoms with van der Waals surface area (Å²) in [5.74, 6) is 2.85. The van der Waals surface area contributed by atoms with Crippen molar-refractivity contribution in [2.75, 3.05) is 0 Å². The average Bonchev–Trinajstić information content (AvgIpc) is 2.30. The summed E-state index contributed by atoms with van der Waals surface area (Å²) in [4.78, 5) is 0. The predicted octanol–water partition coefficient (Wildman–Crippen LogP) is 3.93. The molecule has 0 spiro atoms. The van der Waals surface area contributed by atoms with E-state index in [1.54, 1.807) is 0 Å². The smallest absolute Gasteiger partial charge is 0.0633 e. The van der Waals surface area contributed by atoms with Gasteiger partial charge in [0, 0.05) is 0 Å². The number of hydrogen-bond donors (Lipinski definition) is 0. The fourth-order valence-electron chi connectivity index (χ4n) is 1.31. The first kappa shape index (κ1) is 11.3. The molecule has 0 aromatic heterocycles. The summed E-state index contributed by atoms with van der Waals surface area (Å²) in [5, 5.41) is 0. The van der Waals surface area contributed by atoms with Crippen molar-refractivity contribution >= 4 is 0 Å². The van der Waals surface area contributed by atoms with Crippen molar-refractivity contribution in [2.45, 2.75) is 19.3 Å². The molecule has 1 unspecified atom stereocenters. The molecule has 1 atom stereocenters. The van der Waals surface area contributed by atoms with Gasteiger partial charge in [-0.25, -0.2) is 0 Å². The molecule has 1 aromatic rings. The van der Waals surface area contributed by atoms with Crippen LogP contribution in [0.1, 0.15) is 24.8 Å². The molecule has 0 amide bonds. The summed E-state index contributed by atoms with van der Waals surface area (Å²) >= 11 is 0. The van der Waals surface area contributed by atoms with Crippen LogP contribution in [-0.4, -0.2) is 0 Å². The summed E-state index contributed by atoms with van der Waals surface area (Å²) in [7, 11) is 0. The standard InChI is InChI=1S/C15H16/c1-3-5-6-8-11-14(4-2)15-12-9-7-10-13-15/h2,5-14H,3H2,1H3/b6-5-,11-8-. The average molecular weight is 196 g/mol. The molecule has 15 heavy (non-hydrogen) atoms. The molecule has 0 nitrogen and oxygen atoms in total. The van der Waals surface area contributed by atoms with Crippen molar-refractivity contribution in [3.05, 3.63) is 60.2 Å². The zero-order valence-electron chi connectivity index (χ0n) is 9.06. The van der Waals surface area contributed by atoms with Gasteiger partial charge in [-0.15, -0.1) is 6.42 Å². The first-order chi connectivity index (χ1) is 7.38. The Morgan fingerprint density at radius 2 is 2.00 bits per heavy atom. The molecule has 0 saturated heterocycles. The maximum atomic E-state index is 5.49.